The van der Waals surface area contributed by atoms with Crippen LogP contribution < -0.4 is 0 Å². The lowest BCUT2D eigenvalue weighted by Crippen LogP contribution is -2.33. The number of aliphatic hydroxyl groups excluding tert-OH is 1. The summed E-state index contributed by atoms with van der Waals surface area (Å²) >= 11 is 0. The highest BCUT2D eigenvalue weighted by Crippen LogP contribution is 2.70. The van der Waals surface area contributed by atoms with Crippen molar-refractivity contribution in [2.75, 3.05) is 0 Å². The summed E-state index contributed by atoms with van der Waals surface area (Å²) in [5, 5.41) is 4.51. The molecule has 0 aromatic heterocycles. The van der Waals surface area contributed by atoms with Gasteiger partial charge in [-0.15, -0.1) is 0 Å². The van der Waals surface area contributed by atoms with Crippen molar-refractivity contribution in [1.29, 1.82) is 1.43 Å². The first-order valence-corrected chi connectivity index (χ1v) is 3.50. The van der Waals surface area contributed by atoms with Gasteiger partial charge in [0.1, 0.15) is 5.78 Å². The van der Waals surface area contributed by atoms with Crippen LogP contribution in [0.1, 0.15) is 6.42 Å². The SMILES string of the molecule is [3H]OC1C[C@H]2C(=O)C3C1[C@H]32. The fraction of sp³-hybridized carbons (Fsp3) is 0.857. The molecule has 3 rings (SSSR count). The van der Waals surface area contributed by atoms with E-state index in [0.29, 0.717) is 29.5 Å². The molecule has 3 unspecified atom stereocenters. The van der Waals surface area contributed by atoms with Gasteiger partial charge in [0, 0.05) is 11.8 Å². The molecule has 0 radical (unpaired) electrons. The predicted octanol–water partition coefficient (Wildman–Crippen LogP) is -0.188. The van der Waals surface area contributed by atoms with Gasteiger partial charge in [0.2, 0.25) is 1.43 Å². The molecular formula is C7H8O2. The van der Waals surface area contributed by atoms with E-state index < -0.39 is 0 Å². The van der Waals surface area contributed by atoms with Gasteiger partial charge in [-0.2, -0.15) is 0 Å². The Hall–Kier alpha value is -0.370. The summed E-state index contributed by atoms with van der Waals surface area (Å²) in [4.78, 5) is 11.0. The lowest BCUT2D eigenvalue weighted by Gasteiger charge is -2.23. The van der Waals surface area contributed by atoms with Gasteiger partial charge in [-0.3, -0.25) is 4.79 Å². The predicted molar refractivity (Wildman–Crippen MR) is 29.6 cm³/mol. The summed E-state index contributed by atoms with van der Waals surface area (Å²) in [7, 11) is 0. The molecule has 9 heavy (non-hydrogen) atoms. The molecule has 3 aliphatic rings. The molecule has 2 heteroatoms. The largest absolute Gasteiger partial charge is 0.393 e. The molecule has 5 atom stereocenters. The normalized spacial score (nSPS) is 68.7. The molecule has 3 saturated carbocycles. The number of ketones is 1. The standard InChI is InChI=1S/C7H8O2/c8-3-1-2-4-5(3)6(4)7(2)9/h2-6,8H,1H2/t2-,3?,4-,5?,6?/m1/s1/i8T. The Morgan fingerprint density at radius 1 is 1.67 bits per heavy atom. The zero-order valence-electron chi connectivity index (χ0n) is 5.91. The van der Waals surface area contributed by atoms with Gasteiger partial charge in [0.05, 0.1) is 6.10 Å². The van der Waals surface area contributed by atoms with Crippen LogP contribution >= 0.6 is 0 Å². The number of hydrogen-bond donors (Lipinski definition) is 1. The van der Waals surface area contributed by atoms with Gasteiger partial charge in [-0.05, 0) is 18.3 Å². The molecule has 0 amide bonds. The summed E-state index contributed by atoms with van der Waals surface area (Å²) in [5.41, 5.74) is 0. The van der Waals surface area contributed by atoms with E-state index in [9.17, 15) is 4.79 Å². The van der Waals surface area contributed by atoms with Crippen molar-refractivity contribution >= 4 is 5.78 Å². The number of Topliss-reactive ketones (excluding diaryl/α,β-unsaturated/α-hetero) is 1. The van der Waals surface area contributed by atoms with E-state index in [2.05, 4.69) is 5.11 Å². The highest BCUT2D eigenvalue weighted by Gasteiger charge is 2.76. The van der Waals surface area contributed by atoms with Gasteiger partial charge in [0.25, 0.3) is 0 Å². The molecule has 0 aromatic rings. The van der Waals surface area contributed by atoms with Crippen molar-refractivity contribution in [3.05, 3.63) is 0 Å². The van der Waals surface area contributed by atoms with E-state index in [1.54, 1.807) is 0 Å². The molecule has 0 spiro atoms. The van der Waals surface area contributed by atoms with Gasteiger partial charge >= 0.3 is 0 Å². The second-order valence-electron chi connectivity index (χ2n) is 3.46. The van der Waals surface area contributed by atoms with Crippen LogP contribution in [0.15, 0.2) is 0 Å². The quantitative estimate of drug-likeness (QED) is 0.529. The second kappa shape index (κ2) is 0.966. The van der Waals surface area contributed by atoms with E-state index in [0.717, 1.165) is 6.42 Å². The Morgan fingerprint density at radius 2 is 2.56 bits per heavy atom. The van der Waals surface area contributed by atoms with Crippen LogP contribution in [-0.2, 0) is 4.79 Å². The Kier molecular flexibility index (Phi) is 0.399. The molecule has 0 bridgehead atoms. The van der Waals surface area contributed by atoms with Gasteiger partial charge in [-0.25, -0.2) is 0 Å². The van der Waals surface area contributed by atoms with Crippen LogP contribution in [0, 0.1) is 23.7 Å². The maximum absolute atomic E-state index is 11.0. The highest BCUT2D eigenvalue weighted by atomic mass is 16.3. The average molecular weight is 126 g/mol. The zero-order valence-corrected chi connectivity index (χ0v) is 4.91. The average Bonchev–Trinajstić information content (AvgIpc) is 2.53. The first kappa shape index (κ1) is 3.71. The Labute approximate surface area is 54.4 Å². The molecule has 48 valence electrons. The fourth-order valence-electron chi connectivity index (χ4n) is 2.74. The smallest absolute Gasteiger partial charge is 0.210 e. The molecule has 2 nitrogen and oxygen atoms in total. The Bertz CT molecular complexity index is 216. The summed E-state index contributed by atoms with van der Waals surface area (Å²) in [6.45, 7) is 0. The summed E-state index contributed by atoms with van der Waals surface area (Å²) in [6.07, 6.45) is 0.923. The zero-order chi connectivity index (χ0) is 6.88. The molecule has 0 heterocycles. The topological polar surface area (TPSA) is 37.3 Å². The first-order valence-electron chi connectivity index (χ1n) is 3.91. The van der Waals surface area contributed by atoms with E-state index in [4.69, 9.17) is 1.43 Å². The minimum absolute atomic E-state index is 0.0951. The van der Waals surface area contributed by atoms with Crippen LogP contribution in [0.25, 0.3) is 0 Å². The maximum Gasteiger partial charge on any atom is 0.210 e. The maximum atomic E-state index is 11.0. The van der Waals surface area contributed by atoms with Crippen LogP contribution in [0.5, 0.6) is 0 Å². The van der Waals surface area contributed by atoms with Crippen LogP contribution in [-0.4, -0.2) is 18.4 Å². The summed E-state index contributed by atoms with van der Waals surface area (Å²) in [5.74, 6) is 2.17. The lowest BCUT2D eigenvalue weighted by atomic mass is 9.80. The molecular weight excluding hydrogens is 116 g/mol. The van der Waals surface area contributed by atoms with Gasteiger partial charge in [-0.1, -0.05) is 0 Å². The van der Waals surface area contributed by atoms with Crippen molar-refractivity contribution in [2.24, 2.45) is 23.7 Å². The third-order valence-electron chi connectivity index (χ3n) is 3.21. The Morgan fingerprint density at radius 3 is 3.00 bits per heavy atom. The second-order valence-corrected chi connectivity index (χ2v) is 3.46. The van der Waals surface area contributed by atoms with Crippen LogP contribution in [0.3, 0.4) is 0 Å². The first-order chi connectivity index (χ1) is 4.84. The van der Waals surface area contributed by atoms with E-state index in [1.165, 1.54) is 0 Å². The van der Waals surface area contributed by atoms with E-state index in [1.807, 2.05) is 0 Å². The number of aliphatic hydroxyl groups is 1. The third kappa shape index (κ3) is 0.275. The van der Waals surface area contributed by atoms with Crippen molar-refractivity contribution in [3.63, 3.8) is 0 Å². The monoisotopic (exact) mass is 126 g/mol. The number of rotatable bonds is 1. The summed E-state index contributed by atoms with van der Waals surface area (Å²) < 4.78 is 6.72. The molecule has 0 saturated heterocycles. The molecule has 3 aliphatic carbocycles. The number of carbonyl (C=O) groups excluding carboxylic acids is 1. The van der Waals surface area contributed by atoms with Crippen molar-refractivity contribution in [3.8, 4) is 0 Å². The fourth-order valence-corrected chi connectivity index (χ4v) is 2.74. The van der Waals surface area contributed by atoms with Crippen molar-refractivity contribution in [1.82, 2.24) is 0 Å². The van der Waals surface area contributed by atoms with Gasteiger partial charge < -0.3 is 5.11 Å². The van der Waals surface area contributed by atoms with Crippen molar-refractivity contribution < 1.29 is 9.90 Å². The molecule has 3 fully saturated rings. The van der Waals surface area contributed by atoms with Crippen LogP contribution in [0.4, 0.5) is 0 Å². The number of hydrogen-bond acceptors (Lipinski definition) is 2. The number of carbonyl (C=O) groups is 1. The molecule has 0 aliphatic heterocycles. The van der Waals surface area contributed by atoms with Gasteiger partial charge in [0.15, 0.2) is 0 Å². The third-order valence-corrected chi connectivity index (χ3v) is 3.21. The van der Waals surface area contributed by atoms with Crippen LogP contribution in [0.2, 0.25) is 0 Å². The highest BCUT2D eigenvalue weighted by molar-refractivity contribution is 5.96. The summed E-state index contributed by atoms with van der Waals surface area (Å²) in [6, 6.07) is 0. The van der Waals surface area contributed by atoms with E-state index >= 15 is 0 Å². The minimum atomic E-state index is 0.0951. The number of fused-ring (bicyclic) bond motifs is 1. The molecule has 1 N–H and O–H groups in total. The molecule has 0 aromatic carbocycles. The lowest BCUT2D eigenvalue weighted by molar-refractivity contribution is -0.132. The minimum Gasteiger partial charge on any atom is -0.393 e. The van der Waals surface area contributed by atoms with E-state index in [-0.39, 0.29) is 6.10 Å². The Balaban J connectivity index is 1.89. The van der Waals surface area contributed by atoms with Crippen molar-refractivity contribution in [2.45, 2.75) is 12.5 Å².